The molecule has 0 heterocycles. The van der Waals surface area contributed by atoms with Crippen LogP contribution in [0.5, 0.6) is 0 Å². The quantitative estimate of drug-likeness (QED) is 0.646. The van der Waals surface area contributed by atoms with Crippen molar-refractivity contribution in [2.75, 3.05) is 40.0 Å². The largest absolute Gasteiger partial charge is 0.447 e. The molecule has 0 aromatic heterocycles. The minimum absolute atomic E-state index is 0.0440. The average Bonchev–Trinajstić information content (AvgIpc) is 2.16. The van der Waals surface area contributed by atoms with Crippen LogP contribution in [0.3, 0.4) is 0 Å². The number of carbonyl (C=O) groups excluding carboxylic acids is 1. The zero-order valence-corrected chi connectivity index (χ0v) is 8.15. The number of likely N-dealkylation sites (N-methyl/N-ethyl adjacent to an activating group) is 1. The van der Waals surface area contributed by atoms with Gasteiger partial charge in [0.15, 0.2) is 0 Å². The van der Waals surface area contributed by atoms with E-state index >= 15 is 0 Å². The van der Waals surface area contributed by atoms with Gasteiger partial charge in [-0.2, -0.15) is 0 Å². The lowest BCUT2D eigenvalue weighted by Gasteiger charge is -2.19. The Bertz CT molecular complexity index is 140. The van der Waals surface area contributed by atoms with E-state index in [1.165, 1.54) is 4.90 Å². The second-order valence-electron chi connectivity index (χ2n) is 2.41. The number of ether oxygens (including phenoxy) is 2. The fourth-order valence-electron chi connectivity index (χ4n) is 0.804. The summed E-state index contributed by atoms with van der Waals surface area (Å²) in [6.45, 7) is 3.33. The molecule has 0 aliphatic rings. The van der Waals surface area contributed by atoms with E-state index < -0.39 is 6.09 Å². The van der Waals surface area contributed by atoms with Crippen LogP contribution < -0.4 is 0 Å². The van der Waals surface area contributed by atoms with Crippen LogP contribution in [-0.2, 0) is 9.47 Å². The highest BCUT2D eigenvalue weighted by Gasteiger charge is 2.11. The van der Waals surface area contributed by atoms with Crippen LogP contribution in [-0.4, -0.2) is 56.1 Å². The number of hydrogen-bond donors (Lipinski definition) is 1. The Hall–Kier alpha value is -0.810. The Labute approximate surface area is 78.2 Å². The van der Waals surface area contributed by atoms with E-state index in [-0.39, 0.29) is 13.2 Å². The summed E-state index contributed by atoms with van der Waals surface area (Å²) in [7, 11) is 1.58. The first-order valence-electron chi connectivity index (χ1n) is 4.27. The van der Waals surface area contributed by atoms with Crippen molar-refractivity contribution >= 4 is 6.09 Å². The normalized spacial score (nSPS) is 9.77. The van der Waals surface area contributed by atoms with Gasteiger partial charge in [-0.05, 0) is 6.92 Å². The maximum Gasteiger partial charge on any atom is 0.409 e. The van der Waals surface area contributed by atoms with Crippen LogP contribution in [0, 0.1) is 0 Å². The standard InChI is InChI=1S/C8H17NO4/c1-3-9(4-6-12-2)8(11)13-7-5-10/h10H,3-7H2,1-2H3. The van der Waals surface area contributed by atoms with Crippen LogP contribution >= 0.6 is 0 Å². The van der Waals surface area contributed by atoms with Gasteiger partial charge in [0.1, 0.15) is 6.61 Å². The smallest absolute Gasteiger partial charge is 0.409 e. The van der Waals surface area contributed by atoms with E-state index in [0.717, 1.165) is 0 Å². The molecule has 0 fully saturated rings. The zero-order valence-electron chi connectivity index (χ0n) is 8.15. The number of nitrogens with zero attached hydrogens (tertiary/aromatic N) is 1. The van der Waals surface area contributed by atoms with Crippen molar-refractivity contribution in [1.29, 1.82) is 0 Å². The molecule has 0 saturated heterocycles. The Morgan fingerprint density at radius 3 is 2.62 bits per heavy atom. The summed E-state index contributed by atoms with van der Waals surface area (Å²) in [6.07, 6.45) is -0.409. The predicted octanol–water partition coefficient (Wildman–Crippen LogP) is 0.0836. The van der Waals surface area contributed by atoms with Crippen LogP contribution in [0.4, 0.5) is 4.79 Å². The van der Waals surface area contributed by atoms with Gasteiger partial charge in [0.25, 0.3) is 0 Å². The van der Waals surface area contributed by atoms with Crippen molar-refractivity contribution in [3.63, 3.8) is 0 Å². The topological polar surface area (TPSA) is 59.0 Å². The second kappa shape index (κ2) is 7.82. The van der Waals surface area contributed by atoms with E-state index in [9.17, 15) is 4.79 Å². The molecule has 1 N–H and O–H groups in total. The fourth-order valence-corrected chi connectivity index (χ4v) is 0.804. The maximum absolute atomic E-state index is 11.2. The molecule has 5 heteroatoms. The molecule has 0 aromatic carbocycles. The van der Waals surface area contributed by atoms with E-state index in [2.05, 4.69) is 0 Å². The summed E-state index contributed by atoms with van der Waals surface area (Å²) in [5.74, 6) is 0. The molecular formula is C8H17NO4. The Morgan fingerprint density at radius 2 is 2.15 bits per heavy atom. The lowest BCUT2D eigenvalue weighted by molar-refractivity contribution is 0.0754. The van der Waals surface area contributed by atoms with E-state index in [1.54, 1.807) is 7.11 Å². The van der Waals surface area contributed by atoms with Crippen LogP contribution in [0.2, 0.25) is 0 Å². The first kappa shape index (κ1) is 12.2. The molecule has 0 spiro atoms. The molecule has 0 bridgehead atoms. The number of aliphatic hydroxyl groups is 1. The first-order chi connectivity index (χ1) is 6.26. The molecule has 1 amide bonds. The summed E-state index contributed by atoms with van der Waals surface area (Å²) in [5.41, 5.74) is 0. The Kier molecular flexibility index (Phi) is 7.33. The number of methoxy groups -OCH3 is 1. The van der Waals surface area contributed by atoms with Gasteiger partial charge in [-0.25, -0.2) is 4.79 Å². The second-order valence-corrected chi connectivity index (χ2v) is 2.41. The number of hydrogen-bond acceptors (Lipinski definition) is 4. The van der Waals surface area contributed by atoms with Gasteiger partial charge in [-0.1, -0.05) is 0 Å². The highest BCUT2D eigenvalue weighted by atomic mass is 16.6. The molecule has 0 unspecified atom stereocenters. The Balaban J connectivity index is 3.71. The summed E-state index contributed by atoms with van der Waals surface area (Å²) in [6, 6.07) is 0. The van der Waals surface area contributed by atoms with Crippen molar-refractivity contribution in [3.05, 3.63) is 0 Å². The minimum Gasteiger partial charge on any atom is -0.447 e. The molecular weight excluding hydrogens is 174 g/mol. The third-order valence-corrected chi connectivity index (χ3v) is 1.52. The zero-order chi connectivity index (χ0) is 10.1. The van der Waals surface area contributed by atoms with Crippen molar-refractivity contribution in [3.8, 4) is 0 Å². The summed E-state index contributed by atoms with van der Waals surface area (Å²) in [5, 5.41) is 8.43. The van der Waals surface area contributed by atoms with E-state index in [0.29, 0.717) is 19.7 Å². The molecule has 0 rings (SSSR count). The predicted molar refractivity (Wildman–Crippen MR) is 47.6 cm³/mol. The fraction of sp³-hybridized carbons (Fsp3) is 0.875. The van der Waals surface area contributed by atoms with Crippen molar-refractivity contribution in [2.24, 2.45) is 0 Å². The molecule has 0 atom stereocenters. The van der Waals surface area contributed by atoms with Crippen molar-refractivity contribution in [2.45, 2.75) is 6.92 Å². The molecule has 0 aromatic rings. The van der Waals surface area contributed by atoms with Gasteiger partial charge in [0.2, 0.25) is 0 Å². The average molecular weight is 191 g/mol. The highest BCUT2D eigenvalue weighted by molar-refractivity contribution is 5.67. The molecule has 0 saturated carbocycles. The van der Waals surface area contributed by atoms with Gasteiger partial charge in [-0.3, -0.25) is 0 Å². The van der Waals surface area contributed by atoms with Crippen molar-refractivity contribution < 1.29 is 19.4 Å². The molecule has 5 nitrogen and oxygen atoms in total. The summed E-state index contributed by atoms with van der Waals surface area (Å²) in [4.78, 5) is 12.7. The summed E-state index contributed by atoms with van der Waals surface area (Å²) < 4.78 is 9.55. The lowest BCUT2D eigenvalue weighted by Crippen LogP contribution is -2.34. The molecule has 0 radical (unpaired) electrons. The highest BCUT2D eigenvalue weighted by Crippen LogP contribution is 1.93. The number of rotatable bonds is 6. The van der Waals surface area contributed by atoms with Crippen LogP contribution in [0.15, 0.2) is 0 Å². The third-order valence-electron chi connectivity index (χ3n) is 1.52. The number of aliphatic hydroxyl groups excluding tert-OH is 1. The van der Waals surface area contributed by atoms with Gasteiger partial charge in [0, 0.05) is 20.2 Å². The van der Waals surface area contributed by atoms with Gasteiger partial charge >= 0.3 is 6.09 Å². The van der Waals surface area contributed by atoms with Gasteiger partial charge in [0.05, 0.1) is 13.2 Å². The van der Waals surface area contributed by atoms with Crippen molar-refractivity contribution in [1.82, 2.24) is 4.90 Å². The molecule has 0 aliphatic carbocycles. The SMILES string of the molecule is CCN(CCOC)C(=O)OCCO. The number of carbonyl (C=O) groups is 1. The number of amides is 1. The molecule has 78 valence electrons. The van der Waals surface area contributed by atoms with E-state index in [1.807, 2.05) is 6.92 Å². The summed E-state index contributed by atoms with van der Waals surface area (Å²) >= 11 is 0. The molecule has 13 heavy (non-hydrogen) atoms. The maximum atomic E-state index is 11.2. The third kappa shape index (κ3) is 5.43. The Morgan fingerprint density at radius 1 is 1.46 bits per heavy atom. The lowest BCUT2D eigenvalue weighted by atomic mass is 10.5. The minimum atomic E-state index is -0.409. The van der Waals surface area contributed by atoms with Crippen LogP contribution in [0.25, 0.3) is 0 Å². The monoisotopic (exact) mass is 191 g/mol. The van der Waals surface area contributed by atoms with Gasteiger partial charge in [-0.15, -0.1) is 0 Å². The van der Waals surface area contributed by atoms with Crippen LogP contribution in [0.1, 0.15) is 6.92 Å². The van der Waals surface area contributed by atoms with E-state index in [4.69, 9.17) is 14.6 Å². The van der Waals surface area contributed by atoms with Gasteiger partial charge < -0.3 is 19.5 Å². The molecule has 0 aliphatic heterocycles. The first-order valence-corrected chi connectivity index (χ1v) is 4.27.